The summed E-state index contributed by atoms with van der Waals surface area (Å²) >= 11 is 1.67. The molecule has 0 saturated heterocycles. The number of nitro benzene ring substituents is 1. The molecule has 0 aliphatic carbocycles. The number of nitro groups is 1. The number of hydrogen-bond acceptors (Lipinski definition) is 6. The average Bonchev–Trinajstić information content (AvgIpc) is 2.41. The Morgan fingerprint density at radius 3 is 2.75 bits per heavy atom. The number of carbonyl (C=O) groups excluding carboxylic acids is 1. The molecule has 3 N–H and O–H groups in total. The first-order valence-electron chi connectivity index (χ1n) is 5.50. The van der Waals surface area contributed by atoms with Crippen molar-refractivity contribution in [1.29, 1.82) is 0 Å². The van der Waals surface area contributed by atoms with Crippen molar-refractivity contribution in [2.45, 2.75) is 12.5 Å². The van der Waals surface area contributed by atoms with Gasteiger partial charge in [0.25, 0.3) is 5.69 Å². The van der Waals surface area contributed by atoms with Crippen molar-refractivity contribution in [3.8, 4) is 5.75 Å². The highest BCUT2D eigenvalue weighted by molar-refractivity contribution is 14.1. The Bertz CT molecular complexity index is 522. The molecule has 8 nitrogen and oxygen atoms in total. The van der Waals surface area contributed by atoms with E-state index in [9.17, 15) is 25.1 Å². The van der Waals surface area contributed by atoms with E-state index in [1.54, 1.807) is 22.6 Å². The predicted molar refractivity (Wildman–Crippen MR) is 77.6 cm³/mol. The second-order valence-corrected chi connectivity index (χ2v) is 4.96. The zero-order valence-corrected chi connectivity index (χ0v) is 12.7. The van der Waals surface area contributed by atoms with Crippen LogP contribution in [0, 0.1) is 13.7 Å². The van der Waals surface area contributed by atoms with Crippen molar-refractivity contribution >= 4 is 34.4 Å². The predicted octanol–water partition coefficient (Wildman–Crippen LogP) is 1.16. The molecule has 0 bridgehead atoms. The van der Waals surface area contributed by atoms with Gasteiger partial charge in [0, 0.05) is 12.0 Å². The van der Waals surface area contributed by atoms with Crippen LogP contribution in [-0.4, -0.2) is 41.0 Å². The number of carbonyl (C=O) groups is 1. The molecular weight excluding hydrogens is 383 g/mol. The van der Waals surface area contributed by atoms with Gasteiger partial charge < -0.3 is 20.3 Å². The van der Waals surface area contributed by atoms with E-state index in [2.05, 4.69) is 10.1 Å². The fourth-order valence-corrected chi connectivity index (χ4v) is 2.33. The van der Waals surface area contributed by atoms with Gasteiger partial charge in [-0.25, -0.2) is 4.79 Å². The number of alkyl carbamates (subject to hydrolysis) is 1. The van der Waals surface area contributed by atoms with Crippen LogP contribution < -0.4 is 5.32 Å². The molecule has 0 aliphatic rings. The number of phenolic OH excluding ortho intramolecular Hbond substituents is 1. The minimum Gasteiger partial charge on any atom is -0.507 e. The molecule has 1 rings (SSSR count). The number of phenols is 1. The summed E-state index contributed by atoms with van der Waals surface area (Å²) < 4.78 is 4.52. The lowest BCUT2D eigenvalue weighted by Gasteiger charge is -2.15. The van der Waals surface area contributed by atoms with E-state index in [1.165, 1.54) is 19.2 Å². The van der Waals surface area contributed by atoms with E-state index in [-0.39, 0.29) is 21.4 Å². The molecule has 1 atom stereocenters. The topological polar surface area (TPSA) is 122 Å². The summed E-state index contributed by atoms with van der Waals surface area (Å²) in [6, 6.07) is 2.00. The van der Waals surface area contributed by atoms with E-state index >= 15 is 0 Å². The summed E-state index contributed by atoms with van der Waals surface area (Å²) in [5.41, 5.74) is 0.0587. The van der Waals surface area contributed by atoms with Crippen LogP contribution in [0.25, 0.3) is 0 Å². The Kier molecular flexibility index (Phi) is 5.95. The quantitative estimate of drug-likeness (QED) is 0.390. The third-order valence-electron chi connectivity index (χ3n) is 2.56. The Morgan fingerprint density at radius 2 is 2.25 bits per heavy atom. The van der Waals surface area contributed by atoms with E-state index < -0.39 is 23.7 Å². The lowest BCUT2D eigenvalue weighted by atomic mass is 10.0. The highest BCUT2D eigenvalue weighted by Crippen LogP contribution is 2.33. The third kappa shape index (κ3) is 3.93. The van der Waals surface area contributed by atoms with Crippen LogP contribution in [0.2, 0.25) is 0 Å². The van der Waals surface area contributed by atoms with Gasteiger partial charge in [-0.2, -0.15) is 0 Å². The highest BCUT2D eigenvalue weighted by atomic mass is 127. The SMILES string of the molecule is COC(=O)N[C@H](CO)Cc1ccc(O)c(I)c1[N+](=O)[O-]. The molecule has 110 valence electrons. The van der Waals surface area contributed by atoms with Gasteiger partial charge in [-0.15, -0.1) is 0 Å². The smallest absolute Gasteiger partial charge is 0.407 e. The fourth-order valence-electron chi connectivity index (χ4n) is 1.61. The number of methoxy groups -OCH3 is 1. The highest BCUT2D eigenvalue weighted by Gasteiger charge is 2.24. The summed E-state index contributed by atoms with van der Waals surface area (Å²) in [6.07, 6.45) is -0.696. The standard InChI is InChI=1S/C11H13IN2O6/c1-20-11(17)13-7(5-15)4-6-2-3-8(16)9(12)10(6)14(18)19/h2-3,7,15-16H,4-5H2,1H3,(H,13,17)/t7-/m0/s1. The number of nitrogens with one attached hydrogen (secondary N) is 1. The van der Waals surface area contributed by atoms with E-state index in [0.717, 1.165) is 0 Å². The number of hydrogen-bond donors (Lipinski definition) is 3. The third-order valence-corrected chi connectivity index (χ3v) is 3.62. The van der Waals surface area contributed by atoms with Gasteiger partial charge in [0.2, 0.25) is 0 Å². The zero-order valence-electron chi connectivity index (χ0n) is 10.5. The van der Waals surface area contributed by atoms with Gasteiger partial charge >= 0.3 is 6.09 Å². The van der Waals surface area contributed by atoms with Gasteiger partial charge in [0.15, 0.2) is 0 Å². The summed E-state index contributed by atoms with van der Waals surface area (Å²) in [4.78, 5) is 21.5. The first-order valence-corrected chi connectivity index (χ1v) is 6.58. The van der Waals surface area contributed by atoms with Gasteiger partial charge in [0.05, 0.1) is 24.7 Å². The van der Waals surface area contributed by atoms with Gasteiger partial charge in [0.1, 0.15) is 9.32 Å². The molecular formula is C11H13IN2O6. The van der Waals surface area contributed by atoms with Crippen LogP contribution in [0.5, 0.6) is 5.75 Å². The monoisotopic (exact) mass is 396 g/mol. The normalized spacial score (nSPS) is 11.8. The number of ether oxygens (including phenoxy) is 1. The first kappa shape index (κ1) is 16.4. The molecule has 0 unspecified atom stereocenters. The maximum Gasteiger partial charge on any atom is 0.407 e. The number of aromatic hydroxyl groups is 1. The summed E-state index contributed by atoms with van der Waals surface area (Å²) in [5.74, 6) is -0.192. The molecule has 9 heteroatoms. The van der Waals surface area contributed by atoms with Crippen LogP contribution in [0.15, 0.2) is 12.1 Å². The number of aliphatic hydroxyl groups is 1. The number of nitrogens with zero attached hydrogens (tertiary/aromatic N) is 1. The summed E-state index contributed by atoms with van der Waals surface area (Å²) in [5, 5.41) is 32.1. The van der Waals surface area contributed by atoms with E-state index in [4.69, 9.17) is 0 Å². The second-order valence-electron chi connectivity index (χ2n) is 3.88. The molecule has 0 fully saturated rings. The largest absolute Gasteiger partial charge is 0.507 e. The average molecular weight is 396 g/mol. The van der Waals surface area contributed by atoms with Crippen molar-refractivity contribution < 1.29 is 24.7 Å². The van der Waals surface area contributed by atoms with Crippen molar-refractivity contribution in [1.82, 2.24) is 5.32 Å². The molecule has 20 heavy (non-hydrogen) atoms. The fraction of sp³-hybridized carbons (Fsp3) is 0.364. The minimum atomic E-state index is -0.736. The Hall–Kier alpha value is -1.62. The molecule has 0 spiro atoms. The summed E-state index contributed by atoms with van der Waals surface area (Å²) in [6.45, 7) is -0.399. The minimum absolute atomic E-state index is 0.0399. The maximum absolute atomic E-state index is 11.1. The van der Waals surface area contributed by atoms with Crippen LogP contribution in [0.1, 0.15) is 5.56 Å². The van der Waals surface area contributed by atoms with Crippen LogP contribution >= 0.6 is 22.6 Å². The molecule has 0 heterocycles. The number of benzene rings is 1. The van der Waals surface area contributed by atoms with Gasteiger partial charge in [-0.3, -0.25) is 10.1 Å². The summed E-state index contributed by atoms with van der Waals surface area (Å²) in [7, 11) is 1.18. The second kappa shape index (κ2) is 7.24. The lowest BCUT2D eigenvalue weighted by Crippen LogP contribution is -2.39. The number of aliphatic hydroxyl groups excluding tert-OH is 1. The van der Waals surface area contributed by atoms with Crippen molar-refractivity contribution in [2.75, 3.05) is 13.7 Å². The maximum atomic E-state index is 11.1. The molecule has 0 aliphatic heterocycles. The van der Waals surface area contributed by atoms with Crippen molar-refractivity contribution in [3.63, 3.8) is 0 Å². The number of halogens is 1. The number of rotatable bonds is 5. The molecule has 0 saturated carbocycles. The van der Waals surface area contributed by atoms with E-state index in [0.29, 0.717) is 5.56 Å². The molecule has 1 aromatic rings. The molecule has 1 amide bonds. The van der Waals surface area contributed by atoms with E-state index in [1.807, 2.05) is 0 Å². The van der Waals surface area contributed by atoms with Gasteiger partial charge in [-0.05, 0) is 34.7 Å². The van der Waals surface area contributed by atoms with Crippen LogP contribution in [0.3, 0.4) is 0 Å². The first-order chi connectivity index (χ1) is 9.40. The van der Waals surface area contributed by atoms with Gasteiger partial charge in [-0.1, -0.05) is 0 Å². The molecule has 0 radical (unpaired) electrons. The number of amides is 1. The molecule has 1 aromatic carbocycles. The zero-order chi connectivity index (χ0) is 15.3. The van der Waals surface area contributed by atoms with Crippen molar-refractivity contribution in [3.05, 3.63) is 31.4 Å². The lowest BCUT2D eigenvalue weighted by molar-refractivity contribution is -0.386. The Morgan fingerprint density at radius 1 is 1.60 bits per heavy atom. The Balaban J connectivity index is 3.04. The molecule has 0 aromatic heterocycles. The Labute approximate surface area is 128 Å². The van der Waals surface area contributed by atoms with Crippen LogP contribution in [0.4, 0.5) is 10.5 Å². The van der Waals surface area contributed by atoms with Crippen molar-refractivity contribution in [2.24, 2.45) is 0 Å². The van der Waals surface area contributed by atoms with Crippen LogP contribution in [-0.2, 0) is 11.2 Å².